The van der Waals surface area contributed by atoms with Gasteiger partial charge in [-0.05, 0) is 23.3 Å². The fraction of sp³-hybridized carbons (Fsp3) is 0.100. The molecule has 1 aromatic heterocycles. The molecule has 0 bridgehead atoms. The Morgan fingerprint density at radius 3 is 2.59 bits per heavy atom. The van der Waals surface area contributed by atoms with Gasteiger partial charge >= 0.3 is 5.97 Å². The third-order valence-corrected chi connectivity index (χ3v) is 5.99. The quantitative estimate of drug-likeness (QED) is 0.188. The van der Waals surface area contributed by atoms with Gasteiger partial charge in [0.25, 0.3) is 5.91 Å². The second-order valence-electron chi connectivity index (χ2n) is 5.64. The van der Waals surface area contributed by atoms with Crippen molar-refractivity contribution in [2.24, 2.45) is 0 Å². The Balaban J connectivity index is 1.82. The second-order valence-corrected chi connectivity index (χ2v) is 8.24. The van der Waals surface area contributed by atoms with Crippen LogP contribution in [0.25, 0.3) is 11.6 Å². The van der Waals surface area contributed by atoms with E-state index in [4.69, 9.17) is 11.6 Å². The summed E-state index contributed by atoms with van der Waals surface area (Å²) in [6, 6.07) is 16.6. The minimum absolute atomic E-state index is 0.126. The largest absolute Gasteiger partial charge is 0.468 e. The first kappa shape index (κ1) is 21.0. The number of nitrogens with one attached hydrogen (secondary N) is 1. The van der Waals surface area contributed by atoms with Crippen LogP contribution in [0.5, 0.6) is 0 Å². The van der Waals surface area contributed by atoms with Crippen molar-refractivity contribution in [1.82, 2.24) is 10.2 Å². The zero-order chi connectivity index (χ0) is 20.6. The number of aromatic nitrogens is 2. The Hall–Kier alpha value is -2.68. The third kappa shape index (κ3) is 5.90. The van der Waals surface area contributed by atoms with E-state index in [-0.39, 0.29) is 17.6 Å². The first-order chi connectivity index (χ1) is 14.1. The molecule has 0 aliphatic heterocycles. The number of methoxy groups -OCH3 is 1. The van der Waals surface area contributed by atoms with Crippen LogP contribution in [0.2, 0.25) is 5.02 Å². The van der Waals surface area contributed by atoms with E-state index in [1.165, 1.54) is 30.2 Å². The number of carbonyl (C=O) groups is 2. The van der Waals surface area contributed by atoms with Gasteiger partial charge in [0.1, 0.15) is 0 Å². The maximum Gasteiger partial charge on any atom is 0.316 e. The van der Waals surface area contributed by atoms with Crippen LogP contribution in [0.15, 0.2) is 58.9 Å². The molecule has 148 valence electrons. The first-order valence-electron chi connectivity index (χ1n) is 8.43. The third-order valence-electron chi connectivity index (χ3n) is 3.70. The minimum atomic E-state index is -0.357. The number of nitrogens with zero attached hydrogens (tertiary/aromatic N) is 2. The van der Waals surface area contributed by atoms with Crippen molar-refractivity contribution in [3.8, 4) is 0 Å². The van der Waals surface area contributed by atoms with E-state index in [9.17, 15) is 9.59 Å². The van der Waals surface area contributed by atoms with Crippen molar-refractivity contribution in [2.75, 3.05) is 18.2 Å². The first-order valence-corrected chi connectivity index (χ1v) is 10.6. The number of ether oxygens (including phenoxy) is 1. The van der Waals surface area contributed by atoms with Crippen LogP contribution < -0.4 is 5.32 Å². The smallest absolute Gasteiger partial charge is 0.316 e. The predicted molar refractivity (Wildman–Crippen MR) is 117 cm³/mol. The summed E-state index contributed by atoms with van der Waals surface area (Å²) in [4.78, 5) is 24.2. The molecule has 0 saturated heterocycles. The van der Waals surface area contributed by atoms with Gasteiger partial charge < -0.3 is 4.74 Å². The van der Waals surface area contributed by atoms with Gasteiger partial charge in [-0.25, -0.2) is 0 Å². The summed E-state index contributed by atoms with van der Waals surface area (Å²) in [6.45, 7) is 0. The fourth-order valence-electron chi connectivity index (χ4n) is 2.31. The summed E-state index contributed by atoms with van der Waals surface area (Å²) in [7, 11) is 1.32. The van der Waals surface area contributed by atoms with Crippen molar-refractivity contribution < 1.29 is 14.3 Å². The highest BCUT2D eigenvalue weighted by Gasteiger charge is 2.16. The zero-order valence-corrected chi connectivity index (χ0v) is 17.7. The summed E-state index contributed by atoms with van der Waals surface area (Å²) in [5.74, 6) is -0.567. The zero-order valence-electron chi connectivity index (χ0n) is 15.3. The Kier molecular flexibility index (Phi) is 7.40. The van der Waals surface area contributed by atoms with Crippen LogP contribution in [0, 0.1) is 0 Å². The van der Waals surface area contributed by atoms with Gasteiger partial charge in [0, 0.05) is 10.6 Å². The lowest BCUT2D eigenvalue weighted by molar-refractivity contribution is -0.137. The summed E-state index contributed by atoms with van der Waals surface area (Å²) < 4.78 is 5.16. The van der Waals surface area contributed by atoms with Gasteiger partial charge in [0.2, 0.25) is 5.13 Å². The molecule has 0 radical (unpaired) electrons. The number of halogens is 1. The molecule has 29 heavy (non-hydrogen) atoms. The summed E-state index contributed by atoms with van der Waals surface area (Å²) >= 11 is 8.64. The number of esters is 1. The number of anilines is 1. The highest BCUT2D eigenvalue weighted by molar-refractivity contribution is 8.01. The lowest BCUT2D eigenvalue weighted by atomic mass is 10.0. The lowest BCUT2D eigenvalue weighted by Crippen LogP contribution is -2.13. The molecule has 2 aromatic carbocycles. The Bertz CT molecular complexity index is 1040. The molecule has 6 nitrogen and oxygen atoms in total. The number of hydrogen-bond donors (Lipinski definition) is 1. The van der Waals surface area contributed by atoms with Gasteiger partial charge in [0.15, 0.2) is 4.34 Å². The molecule has 3 rings (SSSR count). The van der Waals surface area contributed by atoms with Gasteiger partial charge in [-0.1, -0.05) is 83.2 Å². The van der Waals surface area contributed by atoms with Crippen molar-refractivity contribution in [3.05, 3.63) is 70.7 Å². The average Bonchev–Trinajstić information content (AvgIpc) is 3.19. The Labute approximate surface area is 181 Å². The number of thioether (sulfide) groups is 1. The molecule has 0 fully saturated rings. The van der Waals surface area contributed by atoms with E-state index in [1.54, 1.807) is 12.1 Å². The lowest BCUT2D eigenvalue weighted by Gasteiger charge is -2.08. The molecule has 0 spiro atoms. The summed E-state index contributed by atoms with van der Waals surface area (Å²) in [6.07, 6.45) is 1.74. The number of benzene rings is 2. The van der Waals surface area contributed by atoms with Gasteiger partial charge in [-0.15, -0.1) is 10.2 Å². The van der Waals surface area contributed by atoms with Crippen molar-refractivity contribution in [3.63, 3.8) is 0 Å². The van der Waals surface area contributed by atoms with E-state index < -0.39 is 0 Å². The molecule has 1 amide bonds. The van der Waals surface area contributed by atoms with Crippen LogP contribution in [0.1, 0.15) is 11.1 Å². The molecular weight excluding hydrogens is 430 g/mol. The number of carbonyl (C=O) groups excluding carboxylic acids is 2. The summed E-state index contributed by atoms with van der Waals surface area (Å²) in [5, 5.41) is 11.6. The summed E-state index contributed by atoms with van der Waals surface area (Å²) in [5.41, 5.74) is 1.92. The molecule has 0 aliphatic rings. The monoisotopic (exact) mass is 445 g/mol. The predicted octanol–water partition coefficient (Wildman–Crippen LogP) is 4.64. The van der Waals surface area contributed by atoms with E-state index in [0.29, 0.717) is 20.1 Å². The number of amides is 1. The molecule has 0 unspecified atom stereocenters. The minimum Gasteiger partial charge on any atom is -0.468 e. The van der Waals surface area contributed by atoms with E-state index in [0.717, 1.165) is 11.1 Å². The van der Waals surface area contributed by atoms with E-state index >= 15 is 0 Å². The van der Waals surface area contributed by atoms with Gasteiger partial charge in [0.05, 0.1) is 12.9 Å². The van der Waals surface area contributed by atoms with E-state index in [1.807, 2.05) is 48.5 Å². The molecule has 0 aliphatic carbocycles. The maximum atomic E-state index is 13.0. The van der Waals surface area contributed by atoms with Crippen LogP contribution >= 0.6 is 34.7 Å². The van der Waals surface area contributed by atoms with Gasteiger partial charge in [-0.3, -0.25) is 14.9 Å². The van der Waals surface area contributed by atoms with Crippen LogP contribution in [0.3, 0.4) is 0 Å². The Morgan fingerprint density at radius 2 is 1.86 bits per heavy atom. The molecular formula is C20H16ClN3O3S2. The average molecular weight is 446 g/mol. The molecule has 3 aromatic rings. The molecule has 1 N–H and O–H groups in total. The Morgan fingerprint density at radius 1 is 1.14 bits per heavy atom. The van der Waals surface area contributed by atoms with Crippen LogP contribution in [0.4, 0.5) is 5.13 Å². The molecule has 0 atom stereocenters. The second kappa shape index (κ2) is 10.2. The SMILES string of the molecule is COC(=O)CSc1nnc(NC(=O)/C(=C/c2ccccc2Cl)c2ccccc2)s1. The van der Waals surface area contributed by atoms with Crippen molar-refractivity contribution in [2.45, 2.75) is 4.34 Å². The fourth-order valence-corrected chi connectivity index (χ4v) is 4.08. The maximum absolute atomic E-state index is 13.0. The van der Waals surface area contributed by atoms with Crippen molar-refractivity contribution >= 4 is 63.4 Å². The van der Waals surface area contributed by atoms with E-state index in [2.05, 4.69) is 20.3 Å². The normalized spacial score (nSPS) is 11.2. The highest BCUT2D eigenvalue weighted by Crippen LogP contribution is 2.28. The molecule has 0 saturated carbocycles. The standard InChI is InChI=1S/C20H16ClN3O3S2/c1-27-17(25)12-28-20-24-23-19(29-20)22-18(26)15(13-7-3-2-4-8-13)11-14-9-5-6-10-16(14)21/h2-11H,12H2,1H3,(H,22,23,26)/b15-11+. The molecule has 9 heteroatoms. The van der Waals surface area contributed by atoms with Crippen LogP contribution in [-0.2, 0) is 14.3 Å². The number of hydrogen-bond acceptors (Lipinski definition) is 7. The molecule has 1 heterocycles. The van der Waals surface area contributed by atoms with Gasteiger partial charge in [-0.2, -0.15) is 0 Å². The highest BCUT2D eigenvalue weighted by atomic mass is 35.5. The van der Waals surface area contributed by atoms with Crippen molar-refractivity contribution in [1.29, 1.82) is 0 Å². The topological polar surface area (TPSA) is 81.2 Å². The number of rotatable bonds is 7. The van der Waals surface area contributed by atoms with Crippen LogP contribution in [-0.4, -0.2) is 34.9 Å².